The summed E-state index contributed by atoms with van der Waals surface area (Å²) in [5.41, 5.74) is 1.25. The highest BCUT2D eigenvalue weighted by molar-refractivity contribution is 6.06. The molecule has 1 fully saturated rings. The van der Waals surface area contributed by atoms with Crippen molar-refractivity contribution in [1.82, 2.24) is 15.2 Å². The van der Waals surface area contributed by atoms with Crippen molar-refractivity contribution in [3.05, 3.63) is 48.2 Å². The molecule has 28 heavy (non-hydrogen) atoms. The summed E-state index contributed by atoms with van der Waals surface area (Å²) in [6.45, 7) is 0.120. The lowest BCUT2D eigenvalue weighted by Gasteiger charge is -2.13. The molecule has 0 bridgehead atoms. The molecule has 0 aliphatic carbocycles. The third-order valence-electron chi connectivity index (χ3n) is 4.23. The molecular formula is C19H20N4O5. The highest BCUT2D eigenvalue weighted by atomic mass is 16.5. The fraction of sp³-hybridized carbons (Fsp3) is 0.263. The molecular weight excluding hydrogens is 364 g/mol. The number of carbonyl (C=O) groups excluding carboxylic acids is 3. The van der Waals surface area contributed by atoms with Crippen LogP contribution in [0.5, 0.6) is 11.6 Å². The van der Waals surface area contributed by atoms with Gasteiger partial charge in [-0.1, -0.05) is 12.1 Å². The number of rotatable bonds is 7. The Kier molecular flexibility index (Phi) is 5.73. The van der Waals surface area contributed by atoms with Gasteiger partial charge < -0.3 is 20.1 Å². The summed E-state index contributed by atoms with van der Waals surface area (Å²) in [7, 11) is 3.05. The Bertz CT molecular complexity index is 867. The van der Waals surface area contributed by atoms with Crippen molar-refractivity contribution in [2.24, 2.45) is 0 Å². The minimum atomic E-state index is -0.906. The molecule has 3 rings (SSSR count). The molecule has 2 N–H and O–H groups in total. The lowest BCUT2D eigenvalue weighted by Crippen LogP contribution is -2.34. The molecule has 0 spiro atoms. The van der Waals surface area contributed by atoms with E-state index in [0.29, 0.717) is 17.3 Å². The maximum atomic E-state index is 12.5. The van der Waals surface area contributed by atoms with E-state index >= 15 is 0 Å². The normalized spacial score (nSPS) is 15.9. The SMILES string of the molecule is COc1ccc(CN2C(=O)NC(CC(=O)Nc3ccc(OC)nc3)C2=O)cc1. The van der Waals surface area contributed by atoms with E-state index in [4.69, 9.17) is 9.47 Å². The van der Waals surface area contributed by atoms with Gasteiger partial charge in [0.25, 0.3) is 5.91 Å². The zero-order valence-electron chi connectivity index (χ0n) is 15.5. The van der Waals surface area contributed by atoms with E-state index in [-0.39, 0.29) is 13.0 Å². The Morgan fingerprint density at radius 2 is 1.89 bits per heavy atom. The van der Waals surface area contributed by atoms with Crippen molar-refractivity contribution in [3.63, 3.8) is 0 Å². The van der Waals surface area contributed by atoms with Crippen molar-refractivity contribution in [3.8, 4) is 11.6 Å². The first-order chi connectivity index (χ1) is 13.5. The predicted molar refractivity (Wildman–Crippen MR) is 99.9 cm³/mol. The summed E-state index contributed by atoms with van der Waals surface area (Å²) < 4.78 is 10.0. The molecule has 2 aromatic rings. The van der Waals surface area contributed by atoms with Gasteiger partial charge in [-0.15, -0.1) is 0 Å². The van der Waals surface area contributed by atoms with E-state index in [1.54, 1.807) is 43.5 Å². The topological polar surface area (TPSA) is 110 Å². The second-order valence-corrected chi connectivity index (χ2v) is 6.12. The lowest BCUT2D eigenvalue weighted by atomic mass is 10.1. The van der Waals surface area contributed by atoms with Crippen molar-refractivity contribution in [2.45, 2.75) is 19.0 Å². The number of benzene rings is 1. The predicted octanol–water partition coefficient (Wildman–Crippen LogP) is 1.55. The Balaban J connectivity index is 1.58. The van der Waals surface area contributed by atoms with Gasteiger partial charge in [0.1, 0.15) is 11.8 Å². The van der Waals surface area contributed by atoms with Crippen LogP contribution in [-0.2, 0) is 16.1 Å². The zero-order valence-corrected chi connectivity index (χ0v) is 15.5. The first-order valence-electron chi connectivity index (χ1n) is 8.55. The Morgan fingerprint density at radius 3 is 2.50 bits per heavy atom. The highest BCUT2D eigenvalue weighted by Gasteiger charge is 2.38. The first kappa shape index (κ1) is 19.2. The fourth-order valence-electron chi connectivity index (χ4n) is 2.75. The third kappa shape index (κ3) is 4.37. The molecule has 1 atom stereocenters. The maximum absolute atomic E-state index is 12.5. The smallest absolute Gasteiger partial charge is 0.325 e. The second-order valence-electron chi connectivity index (χ2n) is 6.12. The number of aromatic nitrogens is 1. The third-order valence-corrected chi connectivity index (χ3v) is 4.23. The number of hydrogen-bond donors (Lipinski definition) is 2. The number of nitrogens with one attached hydrogen (secondary N) is 2. The number of pyridine rings is 1. The molecule has 146 valence electrons. The molecule has 1 aliphatic rings. The zero-order chi connectivity index (χ0) is 20.1. The van der Waals surface area contributed by atoms with Gasteiger partial charge in [0, 0.05) is 6.07 Å². The number of urea groups is 1. The molecule has 2 heterocycles. The van der Waals surface area contributed by atoms with Crippen molar-refractivity contribution in [2.75, 3.05) is 19.5 Å². The van der Waals surface area contributed by atoms with Gasteiger partial charge in [0.15, 0.2) is 0 Å². The van der Waals surface area contributed by atoms with Crippen LogP contribution in [0.25, 0.3) is 0 Å². The Labute approximate surface area is 161 Å². The molecule has 4 amide bonds. The molecule has 1 unspecified atom stereocenters. The monoisotopic (exact) mass is 384 g/mol. The Morgan fingerprint density at radius 1 is 1.14 bits per heavy atom. The van der Waals surface area contributed by atoms with Gasteiger partial charge in [0.05, 0.1) is 39.1 Å². The van der Waals surface area contributed by atoms with Crippen LogP contribution < -0.4 is 20.1 Å². The van der Waals surface area contributed by atoms with Crippen LogP contribution in [0.4, 0.5) is 10.5 Å². The maximum Gasteiger partial charge on any atom is 0.325 e. The quantitative estimate of drug-likeness (QED) is 0.701. The van der Waals surface area contributed by atoms with Crippen LogP contribution in [0.15, 0.2) is 42.6 Å². The van der Waals surface area contributed by atoms with Crippen LogP contribution in [0, 0.1) is 0 Å². The number of methoxy groups -OCH3 is 2. The van der Waals surface area contributed by atoms with E-state index in [2.05, 4.69) is 15.6 Å². The minimum absolute atomic E-state index is 0.120. The summed E-state index contributed by atoms with van der Waals surface area (Å²) in [6, 6.07) is 8.86. The second kappa shape index (κ2) is 8.38. The number of carbonyl (C=O) groups is 3. The standard InChI is InChI=1S/C19H20N4O5/c1-27-14-6-3-12(4-7-14)11-23-18(25)15(22-19(23)26)9-16(24)21-13-5-8-17(28-2)20-10-13/h3-8,10,15H,9,11H2,1-2H3,(H,21,24)(H,22,26). The molecule has 1 saturated heterocycles. The number of nitrogens with zero attached hydrogens (tertiary/aromatic N) is 2. The van der Waals surface area contributed by atoms with Gasteiger partial charge in [-0.2, -0.15) is 0 Å². The summed E-state index contributed by atoms with van der Waals surface area (Å²) in [5.74, 6) is 0.259. The van der Waals surface area contributed by atoms with Crippen LogP contribution in [-0.4, -0.2) is 48.0 Å². The number of imide groups is 1. The van der Waals surface area contributed by atoms with Gasteiger partial charge in [-0.25, -0.2) is 9.78 Å². The number of ether oxygens (including phenoxy) is 2. The largest absolute Gasteiger partial charge is 0.497 e. The first-order valence-corrected chi connectivity index (χ1v) is 8.55. The van der Waals surface area contributed by atoms with Crippen molar-refractivity contribution >= 4 is 23.5 Å². The molecule has 0 radical (unpaired) electrons. The van der Waals surface area contributed by atoms with Gasteiger partial charge in [0.2, 0.25) is 11.8 Å². The van der Waals surface area contributed by atoms with Crippen LogP contribution >= 0.6 is 0 Å². The van der Waals surface area contributed by atoms with E-state index in [9.17, 15) is 14.4 Å². The molecule has 1 aromatic heterocycles. The van der Waals surface area contributed by atoms with Gasteiger partial charge >= 0.3 is 6.03 Å². The number of hydrogen-bond acceptors (Lipinski definition) is 6. The van der Waals surface area contributed by atoms with E-state index in [1.807, 2.05) is 0 Å². The fourth-order valence-corrected chi connectivity index (χ4v) is 2.75. The van der Waals surface area contributed by atoms with Gasteiger partial charge in [-0.3, -0.25) is 14.5 Å². The van der Waals surface area contributed by atoms with Crippen LogP contribution in [0.3, 0.4) is 0 Å². The molecule has 9 nitrogen and oxygen atoms in total. The summed E-state index contributed by atoms with van der Waals surface area (Å²) in [5, 5.41) is 5.19. The molecule has 1 aliphatic heterocycles. The van der Waals surface area contributed by atoms with Crippen molar-refractivity contribution < 1.29 is 23.9 Å². The van der Waals surface area contributed by atoms with E-state index in [1.165, 1.54) is 13.3 Å². The minimum Gasteiger partial charge on any atom is -0.497 e. The summed E-state index contributed by atoms with van der Waals surface area (Å²) in [4.78, 5) is 42.0. The average Bonchev–Trinajstić information content (AvgIpc) is 2.96. The Hall–Kier alpha value is -3.62. The van der Waals surface area contributed by atoms with E-state index < -0.39 is 23.9 Å². The van der Waals surface area contributed by atoms with E-state index in [0.717, 1.165) is 10.5 Å². The van der Waals surface area contributed by atoms with Gasteiger partial charge in [-0.05, 0) is 23.8 Å². The summed E-state index contributed by atoms with van der Waals surface area (Å²) >= 11 is 0. The molecule has 9 heteroatoms. The number of amides is 4. The highest BCUT2D eigenvalue weighted by Crippen LogP contribution is 2.18. The number of anilines is 1. The van der Waals surface area contributed by atoms with Crippen LogP contribution in [0.2, 0.25) is 0 Å². The molecule has 1 aromatic carbocycles. The molecule has 0 saturated carbocycles. The van der Waals surface area contributed by atoms with Crippen LogP contribution in [0.1, 0.15) is 12.0 Å². The summed E-state index contributed by atoms with van der Waals surface area (Å²) in [6.07, 6.45) is 1.28. The van der Waals surface area contributed by atoms with Crippen molar-refractivity contribution in [1.29, 1.82) is 0 Å². The lowest BCUT2D eigenvalue weighted by molar-refractivity contribution is -0.130. The average molecular weight is 384 g/mol.